The Bertz CT molecular complexity index is 486. The Hall–Kier alpha value is -1.16. The van der Waals surface area contributed by atoms with E-state index in [0.29, 0.717) is 22.5 Å². The van der Waals surface area contributed by atoms with E-state index in [1.807, 2.05) is 20.9 Å². The maximum absolute atomic E-state index is 12.5. The van der Waals surface area contributed by atoms with Crippen molar-refractivity contribution in [1.82, 2.24) is 14.9 Å². The van der Waals surface area contributed by atoms with Crippen molar-refractivity contribution in [2.75, 3.05) is 7.05 Å². The molecule has 1 atom stereocenters. The zero-order chi connectivity index (χ0) is 14.2. The quantitative estimate of drug-likeness (QED) is 0.852. The lowest BCUT2D eigenvalue weighted by atomic mass is 10.1. The zero-order valence-corrected chi connectivity index (χ0v) is 12.6. The van der Waals surface area contributed by atoms with Crippen LogP contribution in [0.25, 0.3) is 0 Å². The van der Waals surface area contributed by atoms with Crippen LogP contribution >= 0.6 is 11.6 Å². The fourth-order valence-electron chi connectivity index (χ4n) is 2.06. The number of halogens is 1. The molecule has 0 radical (unpaired) electrons. The van der Waals surface area contributed by atoms with Crippen LogP contribution in [0.1, 0.15) is 55.8 Å². The molecule has 1 saturated carbocycles. The molecule has 4 nitrogen and oxygen atoms in total. The van der Waals surface area contributed by atoms with E-state index in [0.717, 1.165) is 0 Å². The first kappa shape index (κ1) is 14.3. The van der Waals surface area contributed by atoms with Crippen LogP contribution in [0, 0.1) is 5.92 Å². The molecular formula is C14H20ClN3O. The number of rotatable bonds is 4. The fourth-order valence-corrected chi connectivity index (χ4v) is 2.23. The number of carbonyl (C=O) groups excluding carboxylic acids is 1. The highest BCUT2D eigenvalue weighted by Crippen LogP contribution is 2.35. The lowest BCUT2D eigenvalue weighted by Gasteiger charge is -2.25. The molecule has 1 amide bonds. The van der Waals surface area contributed by atoms with Gasteiger partial charge in [-0.05, 0) is 25.7 Å². The Morgan fingerprint density at radius 3 is 2.58 bits per heavy atom. The number of amides is 1. The van der Waals surface area contributed by atoms with Crippen molar-refractivity contribution in [3.05, 3.63) is 22.7 Å². The molecule has 1 fully saturated rings. The average Bonchev–Trinajstić information content (AvgIpc) is 3.20. The van der Waals surface area contributed by atoms with Crippen LogP contribution < -0.4 is 0 Å². The maximum atomic E-state index is 12.5. The van der Waals surface area contributed by atoms with Crippen molar-refractivity contribution in [2.24, 2.45) is 5.92 Å². The summed E-state index contributed by atoms with van der Waals surface area (Å²) in [6.07, 6.45) is 3.92. The average molecular weight is 282 g/mol. The minimum atomic E-state index is -0.117. The summed E-state index contributed by atoms with van der Waals surface area (Å²) in [4.78, 5) is 22.7. The fraction of sp³-hybridized carbons (Fsp3) is 0.643. The van der Waals surface area contributed by atoms with Crippen molar-refractivity contribution < 1.29 is 4.79 Å². The third-order valence-electron chi connectivity index (χ3n) is 3.72. The molecule has 0 aliphatic heterocycles. The van der Waals surface area contributed by atoms with Crippen LogP contribution in [0.5, 0.6) is 0 Å². The number of nitrogens with zero attached hydrogens (tertiary/aromatic N) is 3. The van der Waals surface area contributed by atoms with Crippen LogP contribution in [-0.2, 0) is 0 Å². The van der Waals surface area contributed by atoms with Crippen molar-refractivity contribution in [2.45, 2.75) is 45.6 Å². The summed E-state index contributed by atoms with van der Waals surface area (Å²) < 4.78 is 0. The van der Waals surface area contributed by atoms with Crippen molar-refractivity contribution in [1.29, 1.82) is 0 Å². The Morgan fingerprint density at radius 1 is 1.42 bits per heavy atom. The number of hydrogen-bond donors (Lipinski definition) is 0. The summed E-state index contributed by atoms with van der Waals surface area (Å²) >= 11 is 6.07. The van der Waals surface area contributed by atoms with Gasteiger partial charge in [0.2, 0.25) is 0 Å². The zero-order valence-electron chi connectivity index (χ0n) is 11.9. The predicted molar refractivity (Wildman–Crippen MR) is 75.4 cm³/mol. The Labute approximate surface area is 119 Å². The minimum absolute atomic E-state index is 0.117. The van der Waals surface area contributed by atoms with E-state index >= 15 is 0 Å². The van der Waals surface area contributed by atoms with E-state index in [1.165, 1.54) is 19.0 Å². The predicted octanol–water partition coefficient (Wildman–Crippen LogP) is 3.12. The smallest absolute Gasteiger partial charge is 0.274 e. The molecule has 1 heterocycles. The second-order valence-corrected chi connectivity index (χ2v) is 5.98. The Morgan fingerprint density at radius 2 is 2.05 bits per heavy atom. The standard InChI is InChI=1S/C14H20ClN3O/c1-8(2)13-16-7-11(15)12(17-13)14(19)18(4)9(3)10-5-6-10/h7-10H,5-6H2,1-4H3. The second kappa shape index (κ2) is 5.45. The Kier molecular flexibility index (Phi) is 4.09. The van der Waals surface area contributed by atoms with Gasteiger partial charge >= 0.3 is 0 Å². The van der Waals surface area contributed by atoms with E-state index in [-0.39, 0.29) is 17.9 Å². The van der Waals surface area contributed by atoms with Gasteiger partial charge in [-0.3, -0.25) is 4.79 Å². The molecule has 1 aliphatic carbocycles. The molecule has 1 aliphatic rings. The summed E-state index contributed by atoms with van der Waals surface area (Å²) in [7, 11) is 1.82. The number of aromatic nitrogens is 2. The first-order valence-corrected chi connectivity index (χ1v) is 7.09. The van der Waals surface area contributed by atoms with Gasteiger partial charge in [-0.15, -0.1) is 0 Å². The van der Waals surface area contributed by atoms with E-state index in [1.54, 1.807) is 4.90 Å². The van der Waals surface area contributed by atoms with Gasteiger partial charge in [-0.2, -0.15) is 0 Å². The molecule has 0 bridgehead atoms. The van der Waals surface area contributed by atoms with Crippen LogP contribution in [-0.4, -0.2) is 33.9 Å². The molecular weight excluding hydrogens is 262 g/mol. The van der Waals surface area contributed by atoms with Gasteiger partial charge in [0, 0.05) is 19.0 Å². The van der Waals surface area contributed by atoms with Crippen molar-refractivity contribution in [3.63, 3.8) is 0 Å². The van der Waals surface area contributed by atoms with E-state index in [4.69, 9.17) is 11.6 Å². The van der Waals surface area contributed by atoms with Gasteiger partial charge in [0.1, 0.15) is 5.82 Å². The van der Waals surface area contributed by atoms with Gasteiger partial charge < -0.3 is 4.90 Å². The first-order chi connectivity index (χ1) is 8.91. The topological polar surface area (TPSA) is 46.1 Å². The SMILES string of the molecule is CC(C)c1ncc(Cl)c(C(=O)N(C)C(C)C2CC2)n1. The normalized spacial score (nSPS) is 16.5. The highest BCUT2D eigenvalue weighted by Gasteiger charge is 2.33. The first-order valence-electron chi connectivity index (χ1n) is 6.71. The van der Waals surface area contributed by atoms with Gasteiger partial charge in [0.15, 0.2) is 5.69 Å². The largest absolute Gasteiger partial charge is 0.337 e. The van der Waals surface area contributed by atoms with Crippen LogP contribution in [0.4, 0.5) is 0 Å². The van der Waals surface area contributed by atoms with E-state index < -0.39 is 0 Å². The van der Waals surface area contributed by atoms with Crippen LogP contribution in [0.2, 0.25) is 5.02 Å². The summed E-state index contributed by atoms with van der Waals surface area (Å²) in [5.74, 6) is 1.34. The molecule has 0 N–H and O–H groups in total. The number of carbonyl (C=O) groups is 1. The highest BCUT2D eigenvalue weighted by molar-refractivity contribution is 6.33. The second-order valence-electron chi connectivity index (χ2n) is 5.57. The molecule has 19 heavy (non-hydrogen) atoms. The van der Waals surface area contributed by atoms with Gasteiger partial charge in [-0.25, -0.2) is 9.97 Å². The van der Waals surface area contributed by atoms with Crippen LogP contribution in [0.3, 0.4) is 0 Å². The Balaban J connectivity index is 2.24. The van der Waals surface area contributed by atoms with Gasteiger partial charge in [-0.1, -0.05) is 25.4 Å². The lowest BCUT2D eigenvalue weighted by molar-refractivity contribution is 0.0721. The van der Waals surface area contributed by atoms with Crippen molar-refractivity contribution in [3.8, 4) is 0 Å². The molecule has 1 aromatic rings. The molecule has 104 valence electrons. The maximum Gasteiger partial charge on any atom is 0.274 e. The molecule has 5 heteroatoms. The van der Waals surface area contributed by atoms with Gasteiger partial charge in [0.25, 0.3) is 5.91 Å². The number of hydrogen-bond acceptors (Lipinski definition) is 3. The molecule has 2 rings (SSSR count). The summed E-state index contributed by atoms with van der Waals surface area (Å²) in [5.41, 5.74) is 0.315. The molecule has 1 aromatic heterocycles. The summed E-state index contributed by atoms with van der Waals surface area (Å²) in [6.45, 7) is 6.07. The highest BCUT2D eigenvalue weighted by atomic mass is 35.5. The third kappa shape index (κ3) is 3.06. The monoisotopic (exact) mass is 281 g/mol. The molecule has 1 unspecified atom stereocenters. The molecule has 0 aromatic carbocycles. The molecule has 0 spiro atoms. The van der Waals surface area contributed by atoms with Crippen LogP contribution in [0.15, 0.2) is 6.20 Å². The van der Waals surface area contributed by atoms with E-state index in [2.05, 4.69) is 16.9 Å². The summed E-state index contributed by atoms with van der Waals surface area (Å²) in [5, 5.41) is 0.323. The third-order valence-corrected chi connectivity index (χ3v) is 3.99. The molecule has 0 saturated heterocycles. The minimum Gasteiger partial charge on any atom is -0.337 e. The van der Waals surface area contributed by atoms with E-state index in [9.17, 15) is 4.79 Å². The van der Waals surface area contributed by atoms with Gasteiger partial charge in [0.05, 0.1) is 11.2 Å². The summed E-state index contributed by atoms with van der Waals surface area (Å²) in [6, 6.07) is 0.237. The lowest BCUT2D eigenvalue weighted by Crippen LogP contribution is -2.37. The van der Waals surface area contributed by atoms with Crippen molar-refractivity contribution >= 4 is 17.5 Å².